The summed E-state index contributed by atoms with van der Waals surface area (Å²) in [5, 5.41) is 1.87. The topological polar surface area (TPSA) is 40.5 Å². The molecule has 0 atom stereocenters. The van der Waals surface area contributed by atoms with E-state index in [1.54, 1.807) is 0 Å². The molecule has 1 heterocycles. The average molecular weight is 400 g/mol. The first-order chi connectivity index (χ1) is 13.4. The van der Waals surface area contributed by atoms with Crippen molar-refractivity contribution in [3.8, 4) is 5.75 Å². The fourth-order valence-electron chi connectivity index (χ4n) is 3.61. The van der Waals surface area contributed by atoms with Crippen LogP contribution in [0.1, 0.15) is 40.5 Å². The maximum Gasteiger partial charge on any atom is 0.355 e. The quantitative estimate of drug-likeness (QED) is 0.381. The molecule has 148 valence electrons. The maximum absolute atomic E-state index is 12.5. The van der Waals surface area contributed by atoms with Crippen molar-refractivity contribution in [1.82, 2.24) is 4.57 Å². The Bertz CT molecular complexity index is 983. The van der Waals surface area contributed by atoms with Gasteiger partial charge in [-0.15, -0.1) is 0 Å². The summed E-state index contributed by atoms with van der Waals surface area (Å²) in [6.45, 7) is 6.70. The molecule has 1 aromatic heterocycles. The molecule has 0 aliphatic heterocycles. The number of rotatable bonds is 7. The summed E-state index contributed by atoms with van der Waals surface area (Å²) in [5.41, 5.74) is 4.70. The van der Waals surface area contributed by atoms with E-state index in [2.05, 4.69) is 6.07 Å². The van der Waals surface area contributed by atoms with Gasteiger partial charge in [0.15, 0.2) is 0 Å². The smallest absolute Gasteiger partial charge is 0.355 e. The predicted molar refractivity (Wildman–Crippen MR) is 114 cm³/mol. The second-order valence-corrected chi connectivity index (χ2v) is 7.32. The molecule has 0 aliphatic rings. The Kier molecular flexibility index (Phi) is 6.30. The summed E-state index contributed by atoms with van der Waals surface area (Å²) in [6.07, 6.45) is 1.53. The summed E-state index contributed by atoms with van der Waals surface area (Å²) >= 11 is 6.22. The highest BCUT2D eigenvalue weighted by Gasteiger charge is 2.21. The van der Waals surface area contributed by atoms with Crippen molar-refractivity contribution in [3.63, 3.8) is 0 Å². The van der Waals surface area contributed by atoms with Gasteiger partial charge in [-0.3, -0.25) is 0 Å². The number of hydrogen-bond donors (Lipinski definition) is 0. The SMILES string of the molecule is CCOC(=O)c1c(CCCOc2cc(C)c(Cl)c(C)c2)c2ccccc2n1C. The number of fused-ring (bicyclic) bond motifs is 1. The third kappa shape index (κ3) is 4.02. The molecule has 0 amide bonds. The number of ether oxygens (including phenoxy) is 2. The number of halogens is 1. The van der Waals surface area contributed by atoms with Crippen molar-refractivity contribution in [3.05, 3.63) is 63.8 Å². The molecule has 3 aromatic rings. The third-order valence-corrected chi connectivity index (χ3v) is 5.53. The van der Waals surface area contributed by atoms with Crippen LogP contribution in [0.25, 0.3) is 10.9 Å². The van der Waals surface area contributed by atoms with Crippen LogP contribution in [0.4, 0.5) is 0 Å². The zero-order chi connectivity index (χ0) is 20.3. The minimum Gasteiger partial charge on any atom is -0.494 e. The molecular formula is C23H26ClNO3. The molecule has 0 spiro atoms. The lowest BCUT2D eigenvalue weighted by Gasteiger charge is -2.11. The van der Waals surface area contributed by atoms with Crippen molar-refractivity contribution in [2.24, 2.45) is 7.05 Å². The van der Waals surface area contributed by atoms with Crippen molar-refractivity contribution < 1.29 is 14.3 Å². The first-order valence-electron chi connectivity index (χ1n) is 9.57. The van der Waals surface area contributed by atoms with Crippen LogP contribution < -0.4 is 4.74 Å². The lowest BCUT2D eigenvalue weighted by atomic mass is 10.1. The van der Waals surface area contributed by atoms with E-state index >= 15 is 0 Å². The van der Waals surface area contributed by atoms with Crippen molar-refractivity contribution in [2.45, 2.75) is 33.6 Å². The highest BCUT2D eigenvalue weighted by molar-refractivity contribution is 6.32. The summed E-state index contributed by atoms with van der Waals surface area (Å²) in [5.74, 6) is 0.545. The maximum atomic E-state index is 12.5. The van der Waals surface area contributed by atoms with Crippen LogP contribution in [0.5, 0.6) is 5.75 Å². The molecule has 0 saturated carbocycles. The molecule has 0 N–H and O–H groups in total. The lowest BCUT2D eigenvalue weighted by molar-refractivity contribution is 0.0514. The molecule has 0 radical (unpaired) electrons. The van der Waals surface area contributed by atoms with Gasteiger partial charge in [0.05, 0.1) is 13.2 Å². The normalized spacial score (nSPS) is 11.0. The number of para-hydroxylation sites is 1. The Morgan fingerprint density at radius 2 is 1.82 bits per heavy atom. The largest absolute Gasteiger partial charge is 0.494 e. The van der Waals surface area contributed by atoms with Crippen molar-refractivity contribution in [1.29, 1.82) is 0 Å². The van der Waals surface area contributed by atoms with E-state index in [0.29, 0.717) is 18.9 Å². The first kappa shape index (κ1) is 20.3. The van der Waals surface area contributed by atoms with Crippen LogP contribution in [0.15, 0.2) is 36.4 Å². The second kappa shape index (κ2) is 8.70. The van der Waals surface area contributed by atoms with Gasteiger partial charge in [-0.1, -0.05) is 29.8 Å². The molecule has 28 heavy (non-hydrogen) atoms. The molecule has 5 heteroatoms. The minimum absolute atomic E-state index is 0.277. The monoisotopic (exact) mass is 399 g/mol. The Labute approximate surface area is 171 Å². The molecule has 0 bridgehead atoms. The van der Waals surface area contributed by atoms with Crippen LogP contribution in [-0.2, 0) is 18.2 Å². The van der Waals surface area contributed by atoms with E-state index in [0.717, 1.165) is 51.2 Å². The molecule has 0 unspecified atom stereocenters. The van der Waals surface area contributed by atoms with Crippen LogP contribution >= 0.6 is 11.6 Å². The highest BCUT2D eigenvalue weighted by atomic mass is 35.5. The van der Waals surface area contributed by atoms with Gasteiger partial charge in [0.25, 0.3) is 0 Å². The standard InChI is InChI=1S/C23H26ClNO3/c1-5-27-23(26)22-19(18-9-6-7-11-20(18)25(22)4)10-8-12-28-17-13-15(2)21(24)16(3)14-17/h6-7,9,11,13-14H,5,8,10,12H2,1-4H3. The summed E-state index contributed by atoms with van der Waals surface area (Å²) in [4.78, 5) is 12.5. The average Bonchev–Trinajstić information content (AvgIpc) is 2.96. The van der Waals surface area contributed by atoms with Gasteiger partial charge in [-0.25, -0.2) is 4.79 Å². The molecule has 3 rings (SSSR count). The molecule has 0 fully saturated rings. The van der Waals surface area contributed by atoms with Gasteiger partial charge in [-0.05, 0) is 68.5 Å². The van der Waals surface area contributed by atoms with E-state index < -0.39 is 0 Å². The molecule has 4 nitrogen and oxygen atoms in total. The minimum atomic E-state index is -0.277. The van der Waals surface area contributed by atoms with E-state index in [4.69, 9.17) is 21.1 Å². The number of aromatic nitrogens is 1. The third-order valence-electron chi connectivity index (χ3n) is 4.93. The lowest BCUT2D eigenvalue weighted by Crippen LogP contribution is -2.12. The number of carbonyl (C=O) groups is 1. The van der Waals surface area contributed by atoms with Gasteiger partial charge in [-0.2, -0.15) is 0 Å². The molecule has 2 aromatic carbocycles. The number of benzene rings is 2. The number of carbonyl (C=O) groups excluding carboxylic acids is 1. The van der Waals surface area contributed by atoms with Crippen LogP contribution in [-0.4, -0.2) is 23.8 Å². The summed E-state index contributed by atoms with van der Waals surface area (Å²) in [7, 11) is 1.91. The second-order valence-electron chi connectivity index (χ2n) is 6.95. The Morgan fingerprint density at radius 1 is 1.14 bits per heavy atom. The van der Waals surface area contributed by atoms with Crippen LogP contribution in [0.2, 0.25) is 5.02 Å². The number of hydrogen-bond acceptors (Lipinski definition) is 3. The van der Waals surface area contributed by atoms with Gasteiger partial charge >= 0.3 is 5.97 Å². The van der Waals surface area contributed by atoms with Crippen molar-refractivity contribution in [2.75, 3.05) is 13.2 Å². The van der Waals surface area contributed by atoms with Gasteiger partial charge in [0.1, 0.15) is 11.4 Å². The first-order valence-corrected chi connectivity index (χ1v) is 9.94. The fourth-order valence-corrected chi connectivity index (χ4v) is 3.72. The Balaban J connectivity index is 1.77. The number of aryl methyl sites for hydroxylation is 4. The van der Waals surface area contributed by atoms with Crippen LogP contribution in [0.3, 0.4) is 0 Å². The Hall–Kier alpha value is -2.46. The van der Waals surface area contributed by atoms with E-state index in [-0.39, 0.29) is 5.97 Å². The summed E-state index contributed by atoms with van der Waals surface area (Å²) in [6, 6.07) is 12.0. The van der Waals surface area contributed by atoms with Crippen molar-refractivity contribution >= 4 is 28.5 Å². The number of esters is 1. The van der Waals surface area contributed by atoms with Gasteiger partial charge in [0, 0.05) is 23.0 Å². The Morgan fingerprint density at radius 3 is 2.50 bits per heavy atom. The highest BCUT2D eigenvalue weighted by Crippen LogP contribution is 2.28. The predicted octanol–water partition coefficient (Wildman–Crippen LogP) is 5.64. The van der Waals surface area contributed by atoms with Gasteiger partial charge in [0.2, 0.25) is 0 Å². The van der Waals surface area contributed by atoms with E-state index in [1.165, 1.54) is 0 Å². The zero-order valence-corrected chi connectivity index (χ0v) is 17.6. The molecular weight excluding hydrogens is 374 g/mol. The van der Waals surface area contributed by atoms with E-state index in [9.17, 15) is 4.79 Å². The molecule has 0 aliphatic carbocycles. The fraction of sp³-hybridized carbons (Fsp3) is 0.348. The van der Waals surface area contributed by atoms with E-state index in [1.807, 2.05) is 62.7 Å². The van der Waals surface area contributed by atoms with Gasteiger partial charge < -0.3 is 14.0 Å². The summed E-state index contributed by atoms with van der Waals surface area (Å²) < 4.78 is 13.1. The zero-order valence-electron chi connectivity index (χ0n) is 16.8. The van der Waals surface area contributed by atoms with Crippen LogP contribution in [0, 0.1) is 13.8 Å². The number of nitrogens with zero attached hydrogens (tertiary/aromatic N) is 1. The molecule has 0 saturated heterocycles.